The van der Waals surface area contributed by atoms with Gasteiger partial charge in [0.25, 0.3) is 5.91 Å². The molecule has 33 heavy (non-hydrogen) atoms. The lowest BCUT2D eigenvalue weighted by atomic mass is 10.1. The molecule has 7 nitrogen and oxygen atoms in total. The van der Waals surface area contributed by atoms with E-state index in [1.54, 1.807) is 4.90 Å². The van der Waals surface area contributed by atoms with Gasteiger partial charge >= 0.3 is 6.09 Å². The zero-order chi connectivity index (χ0) is 23.1. The first-order chi connectivity index (χ1) is 15.9. The Balaban J connectivity index is 1.23. The molecule has 4 heterocycles. The number of aryl methyl sites for hydroxylation is 2. The summed E-state index contributed by atoms with van der Waals surface area (Å²) in [6.07, 6.45) is 4.78. The van der Waals surface area contributed by atoms with Crippen LogP contribution in [0.15, 0.2) is 30.5 Å². The van der Waals surface area contributed by atoms with Crippen molar-refractivity contribution in [2.75, 3.05) is 26.7 Å². The second kappa shape index (κ2) is 9.03. The van der Waals surface area contributed by atoms with Gasteiger partial charge in [-0.3, -0.25) is 9.69 Å². The highest BCUT2D eigenvalue weighted by atomic mass is 35.5. The molecule has 1 aromatic heterocycles. The Morgan fingerprint density at radius 3 is 2.55 bits per heavy atom. The van der Waals surface area contributed by atoms with Crippen LogP contribution in [0.25, 0.3) is 0 Å². The third kappa shape index (κ3) is 4.62. The number of carbonyl (C=O) groups excluding carboxylic acids is 2. The number of rotatable bonds is 3. The molecule has 2 unspecified atom stereocenters. The highest BCUT2D eigenvalue weighted by Gasteiger charge is 2.39. The van der Waals surface area contributed by atoms with Gasteiger partial charge in [-0.2, -0.15) is 0 Å². The minimum Gasteiger partial charge on any atom is -0.445 e. The van der Waals surface area contributed by atoms with Crippen molar-refractivity contribution in [3.05, 3.63) is 57.9 Å². The van der Waals surface area contributed by atoms with Gasteiger partial charge in [0, 0.05) is 55.2 Å². The maximum Gasteiger partial charge on any atom is 0.410 e. The molecule has 0 aliphatic carbocycles. The van der Waals surface area contributed by atoms with E-state index < -0.39 is 0 Å². The maximum absolute atomic E-state index is 13.2. The molecule has 176 valence electrons. The fourth-order valence-electron chi connectivity index (χ4n) is 5.47. The topological polar surface area (TPSA) is 58.0 Å². The first kappa shape index (κ1) is 22.3. The predicted molar refractivity (Wildman–Crippen MR) is 126 cm³/mol. The van der Waals surface area contributed by atoms with E-state index in [1.807, 2.05) is 42.3 Å². The second-order valence-corrected chi connectivity index (χ2v) is 10.1. The minimum absolute atomic E-state index is 0.103. The summed E-state index contributed by atoms with van der Waals surface area (Å²) in [5.74, 6) is 0.103. The smallest absolute Gasteiger partial charge is 0.410 e. The van der Waals surface area contributed by atoms with E-state index in [2.05, 4.69) is 16.5 Å². The highest BCUT2D eigenvalue weighted by molar-refractivity contribution is 6.30. The second-order valence-electron chi connectivity index (χ2n) is 9.64. The van der Waals surface area contributed by atoms with Crippen LogP contribution in [-0.4, -0.2) is 70.0 Å². The quantitative estimate of drug-likeness (QED) is 0.682. The van der Waals surface area contributed by atoms with Gasteiger partial charge in [0.2, 0.25) is 0 Å². The lowest BCUT2D eigenvalue weighted by molar-refractivity contribution is 0.0524. The van der Waals surface area contributed by atoms with Crippen LogP contribution in [0.1, 0.15) is 46.4 Å². The standard InChI is InChI=1S/C25H31ClN4O3/c1-17-8-18(10-20(26)9-17)16-33-25(32)29-7-3-6-28-12-19(11-23(28)15-29)24(31)30-13-21-4-5-22(14-30)27(21)2/h8-12,21-22H,3-7,13-16H2,1-2H3. The Bertz CT molecular complexity index is 1030. The molecule has 3 aliphatic rings. The van der Waals surface area contributed by atoms with Crippen molar-refractivity contribution in [1.82, 2.24) is 19.3 Å². The molecule has 2 fully saturated rings. The van der Waals surface area contributed by atoms with Crippen molar-refractivity contribution in [1.29, 1.82) is 0 Å². The number of nitrogens with zero attached hydrogens (tertiary/aromatic N) is 4. The zero-order valence-corrected chi connectivity index (χ0v) is 20.1. The Morgan fingerprint density at radius 2 is 1.82 bits per heavy atom. The Hall–Kier alpha value is -2.51. The molecular formula is C25H31ClN4O3. The van der Waals surface area contributed by atoms with Gasteiger partial charge in [-0.15, -0.1) is 0 Å². The monoisotopic (exact) mass is 470 g/mol. The summed E-state index contributed by atoms with van der Waals surface area (Å²) in [5.41, 5.74) is 3.61. The van der Waals surface area contributed by atoms with Gasteiger partial charge < -0.3 is 19.1 Å². The normalized spacial score (nSPS) is 22.8. The van der Waals surface area contributed by atoms with E-state index in [4.69, 9.17) is 16.3 Å². The van der Waals surface area contributed by atoms with Gasteiger partial charge in [-0.1, -0.05) is 17.7 Å². The van der Waals surface area contributed by atoms with Crippen molar-refractivity contribution in [2.45, 2.75) is 58.0 Å². The molecule has 0 radical (unpaired) electrons. The number of halogens is 1. The van der Waals surface area contributed by atoms with Gasteiger partial charge in [0.1, 0.15) is 6.61 Å². The van der Waals surface area contributed by atoms with E-state index in [9.17, 15) is 9.59 Å². The number of amides is 2. The average molecular weight is 471 g/mol. The molecule has 2 saturated heterocycles. The number of aromatic nitrogens is 1. The van der Waals surface area contributed by atoms with Crippen LogP contribution >= 0.6 is 11.6 Å². The Labute approximate surface area is 199 Å². The predicted octanol–water partition coefficient (Wildman–Crippen LogP) is 3.91. The molecule has 3 aliphatic heterocycles. The van der Waals surface area contributed by atoms with Gasteiger partial charge in [-0.05, 0) is 62.6 Å². The van der Waals surface area contributed by atoms with E-state index in [1.165, 1.54) is 12.8 Å². The molecule has 0 saturated carbocycles. The van der Waals surface area contributed by atoms with Crippen LogP contribution in [0, 0.1) is 6.92 Å². The Morgan fingerprint density at radius 1 is 1.06 bits per heavy atom. The number of hydrogen-bond acceptors (Lipinski definition) is 4. The number of carbonyl (C=O) groups is 2. The van der Waals surface area contributed by atoms with Crippen LogP contribution < -0.4 is 0 Å². The third-order valence-electron chi connectivity index (χ3n) is 7.27. The van der Waals surface area contributed by atoms with Crippen molar-refractivity contribution in [3.8, 4) is 0 Å². The van der Waals surface area contributed by atoms with Gasteiger partial charge in [-0.25, -0.2) is 4.79 Å². The molecule has 2 atom stereocenters. The number of fused-ring (bicyclic) bond motifs is 3. The number of piperazine rings is 1. The molecule has 8 heteroatoms. The van der Waals surface area contributed by atoms with E-state index in [0.717, 1.165) is 48.4 Å². The number of benzene rings is 1. The van der Waals surface area contributed by atoms with Crippen molar-refractivity contribution in [2.24, 2.45) is 0 Å². The van der Waals surface area contributed by atoms with Gasteiger partial charge in [0.05, 0.1) is 12.1 Å². The summed E-state index contributed by atoms with van der Waals surface area (Å²) < 4.78 is 7.69. The largest absolute Gasteiger partial charge is 0.445 e. The molecule has 5 rings (SSSR count). The van der Waals surface area contributed by atoms with Crippen LogP contribution in [0.5, 0.6) is 0 Å². The maximum atomic E-state index is 13.2. The molecule has 0 N–H and O–H groups in total. The average Bonchev–Trinajstić information content (AvgIpc) is 3.15. The summed E-state index contributed by atoms with van der Waals surface area (Å²) in [6.45, 7) is 5.60. The molecule has 2 amide bonds. The first-order valence-corrected chi connectivity index (χ1v) is 12.1. The number of likely N-dealkylation sites (N-methyl/N-ethyl adjacent to an activating group) is 1. The summed E-state index contributed by atoms with van der Waals surface area (Å²) in [6, 6.07) is 8.56. The SMILES string of the molecule is Cc1cc(Cl)cc(COC(=O)N2CCCn3cc(C(=O)N4CC5CCC(C4)N5C)cc3C2)c1. The number of hydrogen-bond donors (Lipinski definition) is 0. The van der Waals surface area contributed by atoms with E-state index >= 15 is 0 Å². The number of likely N-dealkylation sites (tertiary alicyclic amines) is 1. The van der Waals surface area contributed by atoms with Crippen molar-refractivity contribution >= 4 is 23.6 Å². The summed E-state index contributed by atoms with van der Waals surface area (Å²) in [4.78, 5) is 32.2. The van der Waals surface area contributed by atoms with Crippen LogP contribution in [0.2, 0.25) is 5.02 Å². The van der Waals surface area contributed by atoms with Gasteiger partial charge in [0.15, 0.2) is 0 Å². The van der Waals surface area contributed by atoms with Crippen molar-refractivity contribution < 1.29 is 14.3 Å². The molecule has 2 bridgehead atoms. The molecule has 1 aromatic carbocycles. The lowest BCUT2D eigenvalue weighted by Crippen LogP contribution is -2.53. The van der Waals surface area contributed by atoms with E-state index in [-0.39, 0.29) is 18.6 Å². The summed E-state index contributed by atoms with van der Waals surface area (Å²) >= 11 is 6.12. The fourth-order valence-corrected chi connectivity index (χ4v) is 5.78. The Kier molecular flexibility index (Phi) is 6.10. The zero-order valence-electron chi connectivity index (χ0n) is 19.3. The highest BCUT2D eigenvalue weighted by Crippen LogP contribution is 2.29. The minimum atomic E-state index is -0.342. The third-order valence-corrected chi connectivity index (χ3v) is 7.49. The first-order valence-electron chi connectivity index (χ1n) is 11.8. The fraction of sp³-hybridized carbons (Fsp3) is 0.520. The molecule has 2 aromatic rings. The van der Waals surface area contributed by atoms with Crippen LogP contribution in [0.3, 0.4) is 0 Å². The summed E-state index contributed by atoms with van der Waals surface area (Å²) in [5, 5.41) is 0.638. The molecular weight excluding hydrogens is 440 g/mol. The molecule has 0 spiro atoms. The van der Waals surface area contributed by atoms with Crippen LogP contribution in [0.4, 0.5) is 4.79 Å². The lowest BCUT2D eigenvalue weighted by Gasteiger charge is -2.38. The summed E-state index contributed by atoms with van der Waals surface area (Å²) in [7, 11) is 2.17. The van der Waals surface area contributed by atoms with E-state index in [0.29, 0.717) is 30.2 Å². The van der Waals surface area contributed by atoms with Crippen LogP contribution in [-0.2, 0) is 24.4 Å². The number of ether oxygens (including phenoxy) is 1. The van der Waals surface area contributed by atoms with Crippen molar-refractivity contribution in [3.63, 3.8) is 0 Å².